The van der Waals surface area contributed by atoms with Gasteiger partial charge in [-0.1, -0.05) is 6.07 Å². The average molecular weight is 194 g/mol. The van der Waals surface area contributed by atoms with Crippen LogP contribution in [-0.2, 0) is 6.54 Å². The molecule has 4 heteroatoms. The van der Waals surface area contributed by atoms with Crippen molar-refractivity contribution < 1.29 is 4.74 Å². The summed E-state index contributed by atoms with van der Waals surface area (Å²) >= 11 is 5.00. The monoisotopic (exact) mass is 194 g/mol. The van der Waals surface area contributed by atoms with E-state index >= 15 is 0 Å². The van der Waals surface area contributed by atoms with Gasteiger partial charge in [-0.25, -0.2) is 0 Å². The Labute approximate surface area is 82.1 Å². The summed E-state index contributed by atoms with van der Waals surface area (Å²) in [5.74, 6) is 0.889. The summed E-state index contributed by atoms with van der Waals surface area (Å²) in [4.78, 5) is 0. The lowest BCUT2D eigenvalue weighted by Crippen LogP contribution is -2.33. The second-order valence-corrected chi connectivity index (χ2v) is 3.20. The predicted molar refractivity (Wildman–Crippen MR) is 56.1 cm³/mol. The number of ether oxygens (including phenoxy) is 1. The molecule has 2 N–H and O–H groups in total. The summed E-state index contributed by atoms with van der Waals surface area (Å²) in [5.41, 5.74) is 2.15. The molecular formula is C9H10N2OS. The number of hydrogen-bond acceptors (Lipinski definition) is 2. The zero-order valence-electron chi connectivity index (χ0n) is 7.26. The minimum atomic E-state index is 0.667. The fourth-order valence-corrected chi connectivity index (χ4v) is 1.57. The van der Waals surface area contributed by atoms with Gasteiger partial charge in [0.15, 0.2) is 5.11 Å². The fraction of sp³-hybridized carbons (Fsp3) is 0.222. The molecule has 0 bridgehead atoms. The van der Waals surface area contributed by atoms with Gasteiger partial charge in [-0.3, -0.25) is 0 Å². The quantitative estimate of drug-likeness (QED) is 0.664. The number of benzene rings is 1. The van der Waals surface area contributed by atoms with Crippen molar-refractivity contribution >= 4 is 23.0 Å². The Hall–Kier alpha value is -1.29. The first-order valence-electron chi connectivity index (χ1n) is 4.02. The van der Waals surface area contributed by atoms with Crippen LogP contribution in [0.3, 0.4) is 0 Å². The summed E-state index contributed by atoms with van der Waals surface area (Å²) in [6.07, 6.45) is 0. The van der Waals surface area contributed by atoms with E-state index < -0.39 is 0 Å². The van der Waals surface area contributed by atoms with E-state index in [1.54, 1.807) is 7.11 Å². The summed E-state index contributed by atoms with van der Waals surface area (Å²) in [6, 6.07) is 5.88. The molecule has 1 aromatic rings. The van der Waals surface area contributed by atoms with E-state index in [1.165, 1.54) is 0 Å². The van der Waals surface area contributed by atoms with Crippen LogP contribution in [-0.4, -0.2) is 12.2 Å². The molecule has 0 unspecified atom stereocenters. The summed E-state index contributed by atoms with van der Waals surface area (Å²) in [7, 11) is 1.67. The Kier molecular flexibility index (Phi) is 2.06. The number of fused-ring (bicyclic) bond motifs is 1. The molecule has 3 nitrogen and oxygen atoms in total. The molecule has 0 atom stereocenters. The molecule has 0 amide bonds. The molecule has 0 aliphatic carbocycles. The van der Waals surface area contributed by atoms with Crippen LogP contribution < -0.4 is 15.4 Å². The van der Waals surface area contributed by atoms with E-state index in [0.29, 0.717) is 5.11 Å². The van der Waals surface area contributed by atoms with Gasteiger partial charge in [0.05, 0.1) is 7.11 Å². The SMILES string of the molecule is COc1cccc2c1CNC(=S)N2. The molecule has 0 saturated carbocycles. The number of rotatable bonds is 1. The highest BCUT2D eigenvalue weighted by Crippen LogP contribution is 2.27. The average Bonchev–Trinajstić information content (AvgIpc) is 2.16. The molecule has 1 aliphatic rings. The van der Waals surface area contributed by atoms with Crippen molar-refractivity contribution in [3.05, 3.63) is 23.8 Å². The van der Waals surface area contributed by atoms with Crippen LogP contribution >= 0.6 is 12.2 Å². The third kappa shape index (κ3) is 1.45. The van der Waals surface area contributed by atoms with E-state index in [1.807, 2.05) is 18.2 Å². The summed E-state index contributed by atoms with van der Waals surface area (Å²) < 4.78 is 5.22. The second-order valence-electron chi connectivity index (χ2n) is 2.79. The zero-order valence-corrected chi connectivity index (χ0v) is 8.07. The maximum atomic E-state index is 5.22. The van der Waals surface area contributed by atoms with Gasteiger partial charge in [-0.2, -0.15) is 0 Å². The van der Waals surface area contributed by atoms with Crippen LogP contribution in [0.4, 0.5) is 5.69 Å². The summed E-state index contributed by atoms with van der Waals surface area (Å²) in [5, 5.41) is 6.80. The van der Waals surface area contributed by atoms with E-state index in [2.05, 4.69) is 10.6 Å². The van der Waals surface area contributed by atoms with Gasteiger partial charge >= 0.3 is 0 Å². The van der Waals surface area contributed by atoms with Gasteiger partial charge < -0.3 is 15.4 Å². The Morgan fingerprint density at radius 3 is 3.08 bits per heavy atom. The van der Waals surface area contributed by atoms with Crippen molar-refractivity contribution in [3.8, 4) is 5.75 Å². The molecular weight excluding hydrogens is 184 g/mol. The van der Waals surface area contributed by atoms with E-state index in [-0.39, 0.29) is 0 Å². The third-order valence-electron chi connectivity index (χ3n) is 2.03. The highest BCUT2D eigenvalue weighted by atomic mass is 32.1. The molecule has 0 fully saturated rings. The Morgan fingerprint density at radius 1 is 1.46 bits per heavy atom. The largest absolute Gasteiger partial charge is 0.496 e. The predicted octanol–water partition coefficient (Wildman–Crippen LogP) is 1.50. The van der Waals surface area contributed by atoms with Gasteiger partial charge in [-0.15, -0.1) is 0 Å². The minimum absolute atomic E-state index is 0.667. The second kappa shape index (κ2) is 3.22. The highest BCUT2D eigenvalue weighted by Gasteiger charge is 2.14. The van der Waals surface area contributed by atoms with Crippen LogP contribution in [0.25, 0.3) is 0 Å². The van der Waals surface area contributed by atoms with Crippen LogP contribution in [0.1, 0.15) is 5.56 Å². The molecule has 0 aromatic heterocycles. The Morgan fingerprint density at radius 2 is 2.31 bits per heavy atom. The Bertz CT molecular complexity index is 351. The molecule has 13 heavy (non-hydrogen) atoms. The fourth-order valence-electron chi connectivity index (χ4n) is 1.39. The Balaban J connectivity index is 2.45. The molecule has 1 heterocycles. The normalized spacial score (nSPS) is 14.1. The number of hydrogen-bond donors (Lipinski definition) is 2. The molecule has 0 saturated heterocycles. The molecule has 1 aliphatic heterocycles. The van der Waals surface area contributed by atoms with Crippen LogP contribution in [0.2, 0.25) is 0 Å². The molecule has 2 rings (SSSR count). The first-order chi connectivity index (χ1) is 6.31. The van der Waals surface area contributed by atoms with E-state index in [9.17, 15) is 0 Å². The topological polar surface area (TPSA) is 33.3 Å². The minimum Gasteiger partial charge on any atom is -0.496 e. The standard InChI is InChI=1S/C9H10N2OS/c1-12-8-4-2-3-7-6(8)5-10-9(13)11-7/h2-4H,5H2,1H3,(H2,10,11,13). The van der Waals surface area contributed by atoms with Gasteiger partial charge in [0.1, 0.15) is 5.75 Å². The number of methoxy groups -OCH3 is 1. The van der Waals surface area contributed by atoms with Crippen molar-refractivity contribution in [2.75, 3.05) is 12.4 Å². The first kappa shape index (κ1) is 8.31. The maximum absolute atomic E-state index is 5.22. The van der Waals surface area contributed by atoms with E-state index in [0.717, 1.165) is 23.5 Å². The lowest BCUT2D eigenvalue weighted by Gasteiger charge is -2.22. The van der Waals surface area contributed by atoms with Crippen LogP contribution in [0.5, 0.6) is 5.75 Å². The lowest BCUT2D eigenvalue weighted by atomic mass is 10.1. The van der Waals surface area contributed by atoms with E-state index in [4.69, 9.17) is 17.0 Å². The van der Waals surface area contributed by atoms with Gasteiger partial charge in [0.2, 0.25) is 0 Å². The van der Waals surface area contributed by atoms with Crippen molar-refractivity contribution in [2.45, 2.75) is 6.54 Å². The van der Waals surface area contributed by atoms with Gasteiger partial charge in [-0.05, 0) is 24.4 Å². The number of nitrogens with one attached hydrogen (secondary N) is 2. The summed E-state index contributed by atoms with van der Waals surface area (Å²) in [6.45, 7) is 0.727. The molecule has 1 aromatic carbocycles. The number of thiocarbonyl (C=S) groups is 1. The highest BCUT2D eigenvalue weighted by molar-refractivity contribution is 7.80. The van der Waals surface area contributed by atoms with Crippen molar-refractivity contribution in [2.24, 2.45) is 0 Å². The first-order valence-corrected chi connectivity index (χ1v) is 4.43. The smallest absolute Gasteiger partial charge is 0.171 e. The number of anilines is 1. The van der Waals surface area contributed by atoms with Crippen LogP contribution in [0, 0.1) is 0 Å². The van der Waals surface area contributed by atoms with Crippen LogP contribution in [0.15, 0.2) is 18.2 Å². The lowest BCUT2D eigenvalue weighted by molar-refractivity contribution is 0.409. The molecule has 0 radical (unpaired) electrons. The maximum Gasteiger partial charge on any atom is 0.171 e. The molecule has 68 valence electrons. The van der Waals surface area contributed by atoms with Crippen molar-refractivity contribution in [1.29, 1.82) is 0 Å². The van der Waals surface area contributed by atoms with Crippen molar-refractivity contribution in [3.63, 3.8) is 0 Å². The molecule has 0 spiro atoms. The van der Waals surface area contributed by atoms with Crippen molar-refractivity contribution in [1.82, 2.24) is 5.32 Å². The zero-order chi connectivity index (χ0) is 9.26. The third-order valence-corrected chi connectivity index (χ3v) is 2.27. The van der Waals surface area contributed by atoms with Gasteiger partial charge in [0, 0.05) is 17.8 Å². The van der Waals surface area contributed by atoms with Gasteiger partial charge in [0.25, 0.3) is 0 Å².